The van der Waals surface area contributed by atoms with Crippen LogP contribution in [0.25, 0.3) is 11.1 Å². The highest BCUT2D eigenvalue weighted by Crippen LogP contribution is 2.45. The van der Waals surface area contributed by atoms with Crippen molar-refractivity contribution in [3.8, 4) is 11.1 Å². The smallest absolute Gasteiger partial charge is 0.449 e. The fraction of sp³-hybridized carbons (Fsp3) is 0.333. The number of nitrogens with zero attached hydrogens (tertiary/aromatic N) is 3. The number of aliphatic hydroxyl groups is 2. The lowest BCUT2D eigenvalue weighted by molar-refractivity contribution is -0.128. The summed E-state index contributed by atoms with van der Waals surface area (Å²) in [5.41, 5.74) is 22.8. The molecular weight excluding hydrogens is 817 g/mol. The summed E-state index contributed by atoms with van der Waals surface area (Å²) < 4.78 is 34.1. The molecule has 0 radical (unpaired) electrons. The Bertz CT molecular complexity index is 2290. The van der Waals surface area contributed by atoms with Gasteiger partial charge in [0.2, 0.25) is 17.8 Å². The largest absolute Gasteiger partial charge is 0.493 e. The zero-order valence-electron chi connectivity index (χ0n) is 32.5. The van der Waals surface area contributed by atoms with E-state index in [9.17, 15) is 38.8 Å². The number of aromatic nitrogens is 2. The Morgan fingerprint density at radius 1 is 0.902 bits per heavy atom. The van der Waals surface area contributed by atoms with Gasteiger partial charge in [-0.05, 0) is 46.7 Å². The van der Waals surface area contributed by atoms with Crippen molar-refractivity contribution >= 4 is 37.5 Å². The fourth-order valence-electron chi connectivity index (χ4n) is 6.94. The minimum Gasteiger partial charge on any atom is -0.449 e. The van der Waals surface area contributed by atoms with Crippen molar-refractivity contribution < 1.29 is 52.7 Å². The van der Waals surface area contributed by atoms with E-state index in [1.807, 2.05) is 54.0 Å². The number of nitrogens with one attached hydrogen (secondary N) is 3. The van der Waals surface area contributed by atoms with E-state index in [-0.39, 0.29) is 44.1 Å². The Morgan fingerprint density at radius 2 is 1.56 bits per heavy atom. The monoisotopic (exact) mass is 863 g/mol. The van der Waals surface area contributed by atoms with E-state index in [2.05, 4.69) is 25.2 Å². The average molecular weight is 864 g/mol. The van der Waals surface area contributed by atoms with E-state index < -0.39 is 80.6 Å². The Labute approximate surface area is 348 Å². The van der Waals surface area contributed by atoms with Gasteiger partial charge in [-0.15, -0.1) is 0 Å². The Hall–Kier alpha value is -6.19. The normalized spacial score (nSPS) is 20.4. The number of amides is 3. The number of nitrogens with two attached hydrogens (primary N) is 3. The molecular formula is C39H46N9O12P. The van der Waals surface area contributed by atoms with Gasteiger partial charge in [-0.25, -0.2) is 19.6 Å². The zero-order valence-corrected chi connectivity index (χ0v) is 33.4. The maximum atomic E-state index is 13.6. The Balaban J connectivity index is 1.02. The first kappa shape index (κ1) is 44.4. The van der Waals surface area contributed by atoms with Crippen LogP contribution in [-0.2, 0) is 39.2 Å². The number of aliphatic imine (C=N–C) groups is 1. The van der Waals surface area contributed by atoms with E-state index in [4.69, 9.17) is 31.2 Å². The van der Waals surface area contributed by atoms with E-state index in [1.54, 1.807) is 30.3 Å². The number of guanidine groups is 1. The van der Waals surface area contributed by atoms with Crippen molar-refractivity contribution in [3.63, 3.8) is 0 Å². The molecule has 3 aromatic carbocycles. The third kappa shape index (κ3) is 11.3. The molecule has 1 fully saturated rings. The summed E-state index contributed by atoms with van der Waals surface area (Å²) in [4.78, 5) is 69.1. The number of hydrogen-bond donors (Lipinski definition) is 9. The van der Waals surface area contributed by atoms with E-state index in [0.717, 1.165) is 32.4 Å². The Morgan fingerprint density at radius 3 is 2.21 bits per heavy atom. The lowest BCUT2D eigenvalue weighted by Crippen LogP contribution is -2.53. The molecule has 7 atom stereocenters. The molecule has 22 heteroatoms. The molecule has 3 unspecified atom stereocenters. The number of hydrogen-bond acceptors (Lipinski definition) is 14. The number of fused-ring (bicyclic) bond motifs is 3. The standard InChI is InChI=1S/C39H46N9O12P/c40-31-16-18-48(38(53)46-31)36-33(50)32(49)30(59-36)21-58-61(55,56)60-47-37(42)43-17-8-15-28(35(52)44-29(34(41)51)19-22-9-2-1-3-10-22)45-39(54)57-20-27-25-13-6-4-11-23(25)24-12-5-7-14-26(24)27/h1-7,9-14,16,18,27-30,32-33,36,49-50H,8,15,17,19-21H2,(H2,41,51)(H,44,52)(H,45,54)(H,55,56)(H2,40,46,53)(H3,42,43,47)/t28?,29?,30-,32-,33-,36-/m1/s1. The molecule has 3 amide bonds. The molecule has 61 heavy (non-hydrogen) atoms. The third-order valence-corrected chi connectivity index (χ3v) is 10.8. The molecule has 0 bridgehead atoms. The summed E-state index contributed by atoms with van der Waals surface area (Å²) in [7, 11) is -4.93. The zero-order chi connectivity index (χ0) is 43.7. The van der Waals surface area contributed by atoms with E-state index in [1.165, 1.54) is 12.3 Å². The second-order valence-electron chi connectivity index (χ2n) is 14.1. The number of phosphoric acid groups is 1. The van der Waals surface area contributed by atoms with Gasteiger partial charge in [-0.1, -0.05) is 78.9 Å². The quantitative estimate of drug-likeness (QED) is 0.0214. The highest BCUT2D eigenvalue weighted by Gasteiger charge is 2.45. The topological polar surface area (TPSA) is 327 Å². The second kappa shape index (κ2) is 19.9. The number of carbonyl (C=O) groups excluding carboxylic acids is 3. The summed E-state index contributed by atoms with van der Waals surface area (Å²) >= 11 is 0. The van der Waals surface area contributed by atoms with Crippen LogP contribution in [0, 0.1) is 0 Å². The second-order valence-corrected chi connectivity index (χ2v) is 15.5. The lowest BCUT2D eigenvalue weighted by atomic mass is 9.98. The number of phosphoric ester groups is 1. The van der Waals surface area contributed by atoms with Gasteiger partial charge in [0, 0.05) is 25.1 Å². The first-order valence-electron chi connectivity index (χ1n) is 19.0. The minimum absolute atomic E-state index is 0.0174. The number of rotatable bonds is 18. The maximum Gasteiger partial charge on any atom is 0.493 e. The van der Waals surface area contributed by atoms with Crippen LogP contribution in [0.3, 0.4) is 0 Å². The van der Waals surface area contributed by atoms with Gasteiger partial charge in [-0.2, -0.15) is 9.61 Å². The summed E-state index contributed by atoms with van der Waals surface area (Å²) in [6.07, 6.45) is -5.53. The number of anilines is 1. The predicted molar refractivity (Wildman–Crippen MR) is 218 cm³/mol. The maximum absolute atomic E-state index is 13.6. The van der Waals surface area contributed by atoms with Crippen molar-refractivity contribution in [3.05, 3.63) is 118 Å². The number of aliphatic hydroxyl groups excluding tert-OH is 2. The van der Waals surface area contributed by atoms with Gasteiger partial charge in [0.05, 0.1) is 6.61 Å². The van der Waals surface area contributed by atoms with E-state index >= 15 is 0 Å². The highest BCUT2D eigenvalue weighted by molar-refractivity contribution is 7.47. The van der Waals surface area contributed by atoms with Gasteiger partial charge in [0.25, 0.3) is 0 Å². The number of alkyl carbamates (subject to hydrolysis) is 1. The highest BCUT2D eigenvalue weighted by atomic mass is 31.2. The van der Waals surface area contributed by atoms with Crippen LogP contribution in [0.4, 0.5) is 10.6 Å². The summed E-state index contributed by atoms with van der Waals surface area (Å²) in [6.45, 7) is -0.865. The number of ether oxygens (including phenoxy) is 2. The third-order valence-electron chi connectivity index (χ3n) is 9.96. The minimum atomic E-state index is -4.93. The number of carbonyl (C=O) groups is 3. The molecule has 1 saturated heterocycles. The molecule has 6 rings (SSSR count). The number of benzene rings is 3. The van der Waals surface area contributed by atoms with E-state index in [0.29, 0.717) is 0 Å². The average Bonchev–Trinajstić information content (AvgIpc) is 3.71. The van der Waals surface area contributed by atoms with Crippen LogP contribution in [0.5, 0.6) is 0 Å². The van der Waals surface area contributed by atoms with Crippen molar-refractivity contribution in [1.29, 1.82) is 0 Å². The molecule has 0 spiro atoms. The van der Waals surface area contributed by atoms with Crippen LogP contribution in [0.1, 0.15) is 41.7 Å². The lowest BCUT2D eigenvalue weighted by Gasteiger charge is -2.22. The summed E-state index contributed by atoms with van der Waals surface area (Å²) in [5.74, 6) is -2.28. The van der Waals surface area contributed by atoms with Crippen molar-refractivity contribution in [1.82, 2.24) is 25.7 Å². The van der Waals surface area contributed by atoms with Gasteiger partial charge < -0.3 is 52.4 Å². The first-order chi connectivity index (χ1) is 29.2. The Kier molecular flexibility index (Phi) is 14.5. The van der Waals surface area contributed by atoms with Crippen molar-refractivity contribution in [2.45, 2.75) is 61.8 Å². The molecule has 4 aromatic rings. The molecule has 21 nitrogen and oxygen atoms in total. The molecule has 324 valence electrons. The molecule has 1 aromatic heterocycles. The first-order valence-corrected chi connectivity index (χ1v) is 20.5. The van der Waals surface area contributed by atoms with Gasteiger partial charge in [0.1, 0.15) is 42.8 Å². The van der Waals surface area contributed by atoms with Gasteiger partial charge >= 0.3 is 19.6 Å². The molecule has 1 aliphatic heterocycles. The molecule has 1 aliphatic carbocycles. The molecule has 0 saturated carbocycles. The number of primary amides is 1. The van der Waals surface area contributed by atoms with Crippen LogP contribution in [0.15, 0.2) is 101 Å². The van der Waals surface area contributed by atoms with Gasteiger partial charge in [-0.3, -0.25) is 23.7 Å². The molecule has 2 heterocycles. The van der Waals surface area contributed by atoms with Crippen molar-refractivity contribution in [2.24, 2.45) is 16.5 Å². The molecule has 2 aliphatic rings. The fourth-order valence-corrected chi connectivity index (χ4v) is 7.53. The van der Waals surface area contributed by atoms with Crippen LogP contribution in [-0.4, -0.2) is 98.7 Å². The van der Waals surface area contributed by atoms with Crippen LogP contribution >= 0.6 is 7.82 Å². The van der Waals surface area contributed by atoms with Crippen LogP contribution < -0.4 is 39.0 Å². The molecule has 12 N–H and O–H groups in total. The SMILES string of the molecule is NC(=O)C(Cc1ccccc1)NC(=O)C(CCCN=C(N)NOP(=O)(O)OC[C@H]1O[C@@H](n2ccc(N)nc2=O)[C@H](O)[C@@H]1O)NC(=O)OCC1c2ccccc2-c2ccccc21. The predicted octanol–water partition coefficient (Wildman–Crippen LogP) is 0.298. The summed E-state index contributed by atoms with van der Waals surface area (Å²) in [5, 5.41) is 26.0. The number of nitrogen functional groups attached to an aromatic ring is 1. The van der Waals surface area contributed by atoms with Gasteiger partial charge in [0.15, 0.2) is 6.23 Å². The summed E-state index contributed by atoms with van der Waals surface area (Å²) in [6, 6.07) is 23.5. The number of hydroxylamine groups is 1. The van der Waals surface area contributed by atoms with Crippen LogP contribution in [0.2, 0.25) is 0 Å². The van der Waals surface area contributed by atoms with Crippen molar-refractivity contribution in [2.75, 3.05) is 25.5 Å².